The van der Waals surface area contributed by atoms with Gasteiger partial charge in [0.2, 0.25) is 5.91 Å². The van der Waals surface area contributed by atoms with Gasteiger partial charge in [-0.3, -0.25) is 4.79 Å². The normalized spacial score (nSPS) is 13.1. The van der Waals surface area contributed by atoms with Crippen LogP contribution in [0.5, 0.6) is 11.5 Å². The molecule has 0 radical (unpaired) electrons. The van der Waals surface area contributed by atoms with Gasteiger partial charge in [-0.2, -0.15) is 0 Å². The Morgan fingerprint density at radius 2 is 2.00 bits per heavy atom. The maximum atomic E-state index is 11.0. The van der Waals surface area contributed by atoms with Crippen molar-refractivity contribution < 1.29 is 14.3 Å². The highest BCUT2D eigenvalue weighted by Gasteiger charge is 2.11. The van der Waals surface area contributed by atoms with Crippen LogP contribution in [0.4, 0.5) is 0 Å². The minimum absolute atomic E-state index is 0.0960. The van der Waals surface area contributed by atoms with Crippen LogP contribution >= 0.6 is 0 Å². The van der Waals surface area contributed by atoms with E-state index in [2.05, 4.69) is 16.7 Å². The van der Waals surface area contributed by atoms with Crippen molar-refractivity contribution in [1.82, 2.24) is 10.6 Å². The molecule has 1 aliphatic rings. The highest BCUT2D eigenvalue weighted by atomic mass is 16.6. The molecule has 0 saturated carbocycles. The minimum Gasteiger partial charge on any atom is -0.486 e. The van der Waals surface area contributed by atoms with Crippen molar-refractivity contribution in [3.05, 3.63) is 23.8 Å². The highest BCUT2D eigenvalue weighted by Crippen LogP contribution is 2.30. The van der Waals surface area contributed by atoms with Crippen molar-refractivity contribution in [2.45, 2.75) is 19.3 Å². The molecule has 1 heterocycles. The van der Waals surface area contributed by atoms with Gasteiger partial charge in [0.15, 0.2) is 11.5 Å². The van der Waals surface area contributed by atoms with Crippen molar-refractivity contribution >= 4 is 5.91 Å². The number of carbonyl (C=O) groups excluding carboxylic acids is 1. The lowest BCUT2D eigenvalue weighted by Gasteiger charge is -2.18. The van der Waals surface area contributed by atoms with Crippen molar-refractivity contribution in [3.63, 3.8) is 0 Å². The van der Waals surface area contributed by atoms with E-state index in [1.807, 2.05) is 12.1 Å². The predicted molar refractivity (Wildman–Crippen MR) is 77.3 cm³/mol. The molecule has 2 N–H and O–H groups in total. The van der Waals surface area contributed by atoms with Crippen LogP contribution in [0.15, 0.2) is 18.2 Å². The number of carbonyl (C=O) groups is 1. The maximum absolute atomic E-state index is 11.0. The first-order chi connectivity index (χ1) is 9.79. The Bertz CT molecular complexity index is 449. The lowest BCUT2D eigenvalue weighted by molar-refractivity contribution is -0.120. The second kappa shape index (κ2) is 7.75. The zero-order valence-electron chi connectivity index (χ0n) is 11.9. The van der Waals surface area contributed by atoms with Crippen LogP contribution in [-0.2, 0) is 11.2 Å². The fourth-order valence-electron chi connectivity index (χ4n) is 2.10. The Balaban J connectivity index is 1.65. The Kier molecular flexibility index (Phi) is 5.68. The van der Waals surface area contributed by atoms with E-state index in [-0.39, 0.29) is 5.91 Å². The van der Waals surface area contributed by atoms with Crippen molar-refractivity contribution in [1.29, 1.82) is 0 Å². The van der Waals surface area contributed by atoms with E-state index in [1.165, 1.54) is 5.56 Å². The van der Waals surface area contributed by atoms with Gasteiger partial charge in [-0.05, 0) is 43.6 Å². The van der Waals surface area contributed by atoms with Gasteiger partial charge in [0.1, 0.15) is 13.2 Å². The number of fused-ring (bicyclic) bond motifs is 1. The number of rotatable bonds is 7. The van der Waals surface area contributed by atoms with Crippen LogP contribution in [0.25, 0.3) is 0 Å². The summed E-state index contributed by atoms with van der Waals surface area (Å²) in [5.41, 5.74) is 1.23. The van der Waals surface area contributed by atoms with Gasteiger partial charge < -0.3 is 20.1 Å². The van der Waals surface area contributed by atoms with E-state index in [9.17, 15) is 4.79 Å². The second-order valence-electron chi connectivity index (χ2n) is 4.75. The third-order valence-corrected chi connectivity index (χ3v) is 3.23. The third kappa shape index (κ3) is 4.42. The molecule has 1 amide bonds. The second-order valence-corrected chi connectivity index (χ2v) is 4.75. The molecule has 2 rings (SSSR count). The Labute approximate surface area is 119 Å². The molecular weight excluding hydrogens is 256 g/mol. The standard InChI is InChI=1S/C15H22N2O3/c1-16-15(18)3-2-7-17-8-6-12-4-5-13-14(11-12)20-10-9-19-13/h4-5,11,17H,2-3,6-10H2,1H3,(H,16,18). The molecule has 1 aromatic rings. The van der Waals surface area contributed by atoms with Crippen molar-refractivity contribution in [2.24, 2.45) is 0 Å². The Morgan fingerprint density at radius 3 is 2.80 bits per heavy atom. The number of benzene rings is 1. The first-order valence-electron chi connectivity index (χ1n) is 7.09. The SMILES string of the molecule is CNC(=O)CCCNCCc1ccc2c(c1)OCCO2. The van der Waals surface area contributed by atoms with Crippen molar-refractivity contribution in [2.75, 3.05) is 33.4 Å². The maximum Gasteiger partial charge on any atom is 0.219 e. The molecule has 1 aliphatic heterocycles. The van der Waals surface area contributed by atoms with Crippen LogP contribution in [0.3, 0.4) is 0 Å². The molecule has 0 atom stereocenters. The van der Waals surface area contributed by atoms with Gasteiger partial charge in [0.05, 0.1) is 0 Å². The average molecular weight is 278 g/mol. The van der Waals surface area contributed by atoms with E-state index >= 15 is 0 Å². The molecule has 0 aromatic heterocycles. The van der Waals surface area contributed by atoms with Crippen LogP contribution in [-0.4, -0.2) is 39.3 Å². The predicted octanol–water partition coefficient (Wildman–Crippen LogP) is 1.12. The summed E-state index contributed by atoms with van der Waals surface area (Å²) in [5, 5.41) is 5.96. The lowest BCUT2D eigenvalue weighted by Crippen LogP contribution is -2.22. The molecule has 0 bridgehead atoms. The van der Waals surface area contributed by atoms with E-state index in [0.29, 0.717) is 19.6 Å². The topological polar surface area (TPSA) is 59.6 Å². The monoisotopic (exact) mass is 278 g/mol. The zero-order valence-corrected chi connectivity index (χ0v) is 11.9. The van der Waals surface area contributed by atoms with Gasteiger partial charge in [-0.25, -0.2) is 0 Å². The molecule has 0 aliphatic carbocycles. The molecule has 110 valence electrons. The summed E-state index contributed by atoms with van der Waals surface area (Å²) in [7, 11) is 1.66. The van der Waals surface area contributed by atoms with Gasteiger partial charge >= 0.3 is 0 Å². The summed E-state index contributed by atoms with van der Waals surface area (Å²) < 4.78 is 11.0. The highest BCUT2D eigenvalue weighted by molar-refractivity contribution is 5.75. The van der Waals surface area contributed by atoms with E-state index < -0.39 is 0 Å². The summed E-state index contributed by atoms with van der Waals surface area (Å²) in [5.74, 6) is 1.77. The first-order valence-corrected chi connectivity index (χ1v) is 7.09. The Morgan fingerprint density at radius 1 is 1.20 bits per heavy atom. The van der Waals surface area contributed by atoms with Crippen LogP contribution in [0.2, 0.25) is 0 Å². The van der Waals surface area contributed by atoms with Crippen LogP contribution < -0.4 is 20.1 Å². The van der Waals surface area contributed by atoms with Gasteiger partial charge in [-0.1, -0.05) is 6.07 Å². The molecular formula is C15H22N2O3. The molecule has 0 unspecified atom stereocenters. The number of amides is 1. The van der Waals surface area contributed by atoms with Crippen LogP contribution in [0, 0.1) is 0 Å². The Hall–Kier alpha value is -1.75. The quantitative estimate of drug-likeness (QED) is 0.734. The van der Waals surface area contributed by atoms with Gasteiger partial charge in [0, 0.05) is 13.5 Å². The van der Waals surface area contributed by atoms with E-state index in [1.54, 1.807) is 7.05 Å². The summed E-state index contributed by atoms with van der Waals surface area (Å²) in [6.07, 6.45) is 2.38. The van der Waals surface area contributed by atoms with Crippen LogP contribution in [0.1, 0.15) is 18.4 Å². The summed E-state index contributed by atoms with van der Waals surface area (Å²) in [6, 6.07) is 6.08. The summed E-state index contributed by atoms with van der Waals surface area (Å²) in [6.45, 7) is 3.00. The molecule has 20 heavy (non-hydrogen) atoms. The number of nitrogens with one attached hydrogen (secondary N) is 2. The molecule has 5 heteroatoms. The molecule has 0 spiro atoms. The molecule has 0 fully saturated rings. The summed E-state index contributed by atoms with van der Waals surface area (Å²) in [4.78, 5) is 11.0. The minimum atomic E-state index is 0.0960. The van der Waals surface area contributed by atoms with E-state index in [4.69, 9.17) is 9.47 Å². The number of ether oxygens (including phenoxy) is 2. The lowest BCUT2D eigenvalue weighted by atomic mass is 10.1. The largest absolute Gasteiger partial charge is 0.486 e. The van der Waals surface area contributed by atoms with Gasteiger partial charge in [-0.15, -0.1) is 0 Å². The zero-order chi connectivity index (χ0) is 14.2. The molecule has 1 aromatic carbocycles. The fourth-order valence-corrected chi connectivity index (χ4v) is 2.10. The first kappa shape index (κ1) is 14.7. The van der Waals surface area contributed by atoms with E-state index in [0.717, 1.165) is 37.4 Å². The molecule has 5 nitrogen and oxygen atoms in total. The fraction of sp³-hybridized carbons (Fsp3) is 0.533. The third-order valence-electron chi connectivity index (χ3n) is 3.23. The molecule has 0 saturated heterocycles. The average Bonchev–Trinajstić information content (AvgIpc) is 2.50. The summed E-state index contributed by atoms with van der Waals surface area (Å²) >= 11 is 0. The number of hydrogen-bond acceptors (Lipinski definition) is 4. The van der Waals surface area contributed by atoms with Crippen molar-refractivity contribution in [3.8, 4) is 11.5 Å². The smallest absolute Gasteiger partial charge is 0.219 e. The van der Waals surface area contributed by atoms with Gasteiger partial charge in [0.25, 0.3) is 0 Å². The number of hydrogen-bond donors (Lipinski definition) is 2.